The number of aromatic nitrogens is 2. The molecule has 2 aromatic carbocycles. The summed E-state index contributed by atoms with van der Waals surface area (Å²) in [6, 6.07) is 8.54. The van der Waals surface area contributed by atoms with E-state index in [-0.39, 0.29) is 16.8 Å². The smallest absolute Gasteiger partial charge is 0.427 e. The van der Waals surface area contributed by atoms with Crippen molar-refractivity contribution < 1.29 is 32.5 Å². The number of likely N-dealkylation sites (N-methyl/N-ethyl adjacent to an activating group) is 1. The van der Waals surface area contributed by atoms with Crippen LogP contribution in [0.25, 0.3) is 16.6 Å². The molecule has 1 aromatic heterocycles. The molecule has 10 nitrogen and oxygen atoms in total. The zero-order valence-electron chi connectivity index (χ0n) is 25.4. The number of alkyl halides is 3. The van der Waals surface area contributed by atoms with E-state index in [1.54, 1.807) is 45.9 Å². The molecule has 14 heteroatoms. The molecule has 2 heterocycles. The van der Waals surface area contributed by atoms with E-state index < -0.39 is 40.3 Å². The molecule has 2 N–H and O–H groups in total. The number of amides is 1. The number of nitrogens with zero attached hydrogens (tertiary/aromatic N) is 4. The number of rotatable bonds is 9. The molecule has 5 rings (SSSR count). The molecule has 3 aromatic rings. The van der Waals surface area contributed by atoms with Gasteiger partial charge in [0.05, 0.1) is 33.5 Å². The van der Waals surface area contributed by atoms with Gasteiger partial charge in [-0.3, -0.25) is 19.1 Å². The lowest BCUT2D eigenvalue weighted by atomic mass is 9.82. The standard InChI is InChI=1S/C30H36BF3N5O5/c1-27(2,42)28(3,4)44-31-19-6-8-21-22(16-19)35-18-39(25(21)40)20-7-9-24(43-30(32,33)34)23(17-20)36-26(41)29(10-11-29)38-14-12-37(5)13-15-38/h6-9,16-18,42H,10-15H2,1-5H3,(H,36,41). The van der Waals surface area contributed by atoms with Gasteiger partial charge in [0.2, 0.25) is 5.91 Å². The minimum atomic E-state index is -4.99. The molecule has 0 atom stereocenters. The van der Waals surface area contributed by atoms with Crippen molar-refractivity contribution >= 4 is 35.4 Å². The Morgan fingerprint density at radius 1 is 1.05 bits per heavy atom. The Morgan fingerprint density at radius 2 is 1.73 bits per heavy atom. The quantitative estimate of drug-likeness (QED) is 0.355. The monoisotopic (exact) mass is 614 g/mol. The first-order valence-corrected chi connectivity index (χ1v) is 14.4. The van der Waals surface area contributed by atoms with Gasteiger partial charge in [0, 0.05) is 26.2 Å². The molecule has 1 aliphatic carbocycles. The van der Waals surface area contributed by atoms with Gasteiger partial charge in [-0.25, -0.2) is 4.98 Å². The van der Waals surface area contributed by atoms with Crippen molar-refractivity contribution in [2.24, 2.45) is 0 Å². The summed E-state index contributed by atoms with van der Waals surface area (Å²) in [6.07, 6.45) is -2.51. The van der Waals surface area contributed by atoms with Gasteiger partial charge in [-0.1, -0.05) is 11.5 Å². The molecule has 1 saturated carbocycles. The Balaban J connectivity index is 1.43. The molecule has 0 bridgehead atoms. The molecule has 2 fully saturated rings. The van der Waals surface area contributed by atoms with E-state index >= 15 is 0 Å². The van der Waals surface area contributed by atoms with Crippen molar-refractivity contribution in [3.8, 4) is 11.4 Å². The minimum absolute atomic E-state index is 0.199. The highest BCUT2D eigenvalue weighted by Crippen LogP contribution is 2.44. The predicted octanol–water partition coefficient (Wildman–Crippen LogP) is 2.81. The molecule has 235 valence electrons. The van der Waals surface area contributed by atoms with Crippen LogP contribution >= 0.6 is 0 Å². The highest BCUT2D eigenvalue weighted by atomic mass is 19.4. The van der Waals surface area contributed by atoms with Gasteiger partial charge in [0.1, 0.15) is 11.9 Å². The second-order valence-corrected chi connectivity index (χ2v) is 12.5. The van der Waals surface area contributed by atoms with Crippen molar-refractivity contribution in [2.75, 3.05) is 38.5 Å². The summed E-state index contributed by atoms with van der Waals surface area (Å²) in [5.41, 5.74) is -2.26. The van der Waals surface area contributed by atoms with Crippen LogP contribution in [0.4, 0.5) is 18.9 Å². The van der Waals surface area contributed by atoms with Gasteiger partial charge in [0.15, 0.2) is 5.75 Å². The van der Waals surface area contributed by atoms with Crippen molar-refractivity contribution in [2.45, 2.75) is 63.6 Å². The third kappa shape index (κ3) is 6.63. The summed E-state index contributed by atoms with van der Waals surface area (Å²) in [5.74, 6) is -0.992. The lowest BCUT2D eigenvalue weighted by Crippen LogP contribution is -2.54. The summed E-state index contributed by atoms with van der Waals surface area (Å²) >= 11 is 0. The molecule has 2 aliphatic rings. The van der Waals surface area contributed by atoms with Crippen molar-refractivity contribution in [1.29, 1.82) is 0 Å². The molecule has 0 spiro atoms. The van der Waals surface area contributed by atoms with Crippen molar-refractivity contribution in [1.82, 2.24) is 19.4 Å². The van der Waals surface area contributed by atoms with Gasteiger partial charge in [0.25, 0.3) is 5.56 Å². The Morgan fingerprint density at radius 3 is 2.34 bits per heavy atom. The minimum Gasteiger partial charge on any atom is -0.427 e. The van der Waals surface area contributed by atoms with E-state index in [0.29, 0.717) is 36.9 Å². The van der Waals surface area contributed by atoms with Gasteiger partial charge in [-0.2, -0.15) is 0 Å². The summed E-state index contributed by atoms with van der Waals surface area (Å²) in [6.45, 7) is 9.71. The number of piperazine rings is 1. The van der Waals surface area contributed by atoms with E-state index in [1.165, 1.54) is 30.5 Å². The number of benzene rings is 2. The third-order valence-electron chi connectivity index (χ3n) is 8.72. The molecular weight excluding hydrogens is 578 g/mol. The highest BCUT2D eigenvalue weighted by Gasteiger charge is 2.55. The largest absolute Gasteiger partial charge is 0.573 e. The number of carbonyl (C=O) groups excluding carboxylic acids is 1. The second-order valence-electron chi connectivity index (χ2n) is 12.5. The highest BCUT2D eigenvalue weighted by molar-refractivity contribution is 6.47. The van der Waals surface area contributed by atoms with Crippen LogP contribution in [-0.2, 0) is 9.45 Å². The number of halogens is 3. The number of anilines is 1. The summed E-state index contributed by atoms with van der Waals surface area (Å²) in [5, 5.41) is 13.3. The predicted molar refractivity (Wildman–Crippen MR) is 161 cm³/mol. The van der Waals surface area contributed by atoms with Crippen LogP contribution in [0.15, 0.2) is 47.5 Å². The van der Waals surface area contributed by atoms with Crippen LogP contribution in [0.1, 0.15) is 40.5 Å². The number of carbonyl (C=O) groups is 1. The Kier molecular flexibility index (Phi) is 8.34. The lowest BCUT2D eigenvalue weighted by Gasteiger charge is -2.37. The molecule has 1 saturated heterocycles. The molecule has 44 heavy (non-hydrogen) atoms. The molecule has 1 aliphatic heterocycles. The summed E-state index contributed by atoms with van der Waals surface area (Å²) in [4.78, 5) is 35.6. The normalized spacial score (nSPS) is 17.8. The molecule has 1 radical (unpaired) electrons. The van der Waals surface area contributed by atoms with Crippen LogP contribution in [0.3, 0.4) is 0 Å². The van der Waals surface area contributed by atoms with E-state index in [4.69, 9.17) is 4.65 Å². The maximum atomic E-state index is 13.5. The SMILES string of the molecule is CN1CCN(C2(C(=O)Nc3cc(-n4cnc5cc([B]OC(C)(C)C(C)(C)O)ccc5c4=O)ccc3OC(F)(F)F)CC2)CC1. The first-order chi connectivity index (χ1) is 20.5. The number of hydrogen-bond donors (Lipinski definition) is 2. The van der Waals surface area contributed by atoms with Gasteiger partial charge >= 0.3 is 13.8 Å². The van der Waals surface area contributed by atoms with Gasteiger partial charge in [-0.15, -0.1) is 13.2 Å². The van der Waals surface area contributed by atoms with Crippen LogP contribution < -0.4 is 21.1 Å². The second kappa shape index (κ2) is 11.5. The fraction of sp³-hybridized carbons (Fsp3) is 0.500. The van der Waals surface area contributed by atoms with Crippen LogP contribution in [0, 0.1) is 0 Å². The average Bonchev–Trinajstić information content (AvgIpc) is 3.74. The number of aliphatic hydroxyl groups is 1. The fourth-order valence-corrected chi connectivity index (χ4v) is 5.01. The zero-order chi connectivity index (χ0) is 32.1. The van der Waals surface area contributed by atoms with Crippen molar-refractivity contribution in [3.05, 3.63) is 53.1 Å². The van der Waals surface area contributed by atoms with Crippen molar-refractivity contribution in [3.63, 3.8) is 0 Å². The lowest BCUT2D eigenvalue weighted by molar-refractivity contribution is -0.274. The maximum absolute atomic E-state index is 13.5. The van der Waals surface area contributed by atoms with E-state index in [9.17, 15) is 27.9 Å². The molecule has 1 amide bonds. The first kappa shape index (κ1) is 32.0. The summed E-state index contributed by atoms with van der Waals surface area (Å²) < 4.78 is 51.0. The number of fused-ring (bicyclic) bond motifs is 1. The first-order valence-electron chi connectivity index (χ1n) is 14.4. The summed E-state index contributed by atoms with van der Waals surface area (Å²) in [7, 11) is 3.48. The Bertz CT molecular complexity index is 1610. The van der Waals surface area contributed by atoms with Crippen LogP contribution in [0.5, 0.6) is 5.75 Å². The zero-order valence-corrected chi connectivity index (χ0v) is 25.4. The van der Waals surface area contributed by atoms with Crippen LogP contribution in [0.2, 0.25) is 0 Å². The maximum Gasteiger partial charge on any atom is 0.573 e. The van der Waals surface area contributed by atoms with Crippen LogP contribution in [-0.4, -0.2) is 94.2 Å². The Labute approximate surface area is 254 Å². The van der Waals surface area contributed by atoms with E-state index in [1.807, 2.05) is 7.05 Å². The van der Waals surface area contributed by atoms with E-state index in [0.717, 1.165) is 19.2 Å². The topological polar surface area (TPSA) is 109 Å². The van der Waals surface area contributed by atoms with Gasteiger partial charge < -0.3 is 24.7 Å². The number of hydrogen-bond acceptors (Lipinski definition) is 8. The third-order valence-corrected chi connectivity index (χ3v) is 8.72. The molecular formula is C30H36BF3N5O5. The number of nitrogens with one attached hydrogen (secondary N) is 1. The Hall–Kier alpha value is -3.46. The fourth-order valence-electron chi connectivity index (χ4n) is 5.01. The average molecular weight is 614 g/mol. The number of ether oxygens (including phenoxy) is 1. The van der Waals surface area contributed by atoms with E-state index in [2.05, 4.69) is 24.8 Å². The molecule has 0 unspecified atom stereocenters. The van der Waals surface area contributed by atoms with Gasteiger partial charge in [-0.05, 0) is 77.9 Å².